The zero-order valence-electron chi connectivity index (χ0n) is 11.7. The van der Waals surface area contributed by atoms with Gasteiger partial charge in [0.1, 0.15) is 5.82 Å². The Bertz CT molecular complexity index is 427. The van der Waals surface area contributed by atoms with Gasteiger partial charge in [-0.2, -0.15) is 0 Å². The Morgan fingerprint density at radius 3 is 2.68 bits per heavy atom. The van der Waals surface area contributed by atoms with Crippen LogP contribution in [0.4, 0.5) is 4.39 Å². The van der Waals surface area contributed by atoms with Gasteiger partial charge in [0.2, 0.25) is 0 Å². The second kappa shape index (κ2) is 6.29. The molecule has 1 heterocycles. The van der Waals surface area contributed by atoms with Gasteiger partial charge < -0.3 is 0 Å². The number of hydrogen-bond acceptors (Lipinski definition) is 2. The van der Waals surface area contributed by atoms with E-state index >= 15 is 0 Å². The lowest BCUT2D eigenvalue weighted by Crippen LogP contribution is -2.35. The first kappa shape index (κ1) is 14.2. The lowest BCUT2D eigenvalue weighted by atomic mass is 10.0. The molecule has 0 aromatic heterocycles. The second-order valence-electron chi connectivity index (χ2n) is 5.67. The normalized spacial score (nSPS) is 20.1. The van der Waals surface area contributed by atoms with Gasteiger partial charge in [-0.1, -0.05) is 13.8 Å². The van der Waals surface area contributed by atoms with E-state index in [1.54, 1.807) is 12.1 Å². The van der Waals surface area contributed by atoms with Crippen molar-refractivity contribution in [3.05, 3.63) is 35.6 Å². The van der Waals surface area contributed by atoms with Gasteiger partial charge in [-0.05, 0) is 49.6 Å². The van der Waals surface area contributed by atoms with Crippen molar-refractivity contribution >= 4 is 5.78 Å². The molecular weight excluding hydrogens is 241 g/mol. The zero-order valence-corrected chi connectivity index (χ0v) is 11.7. The van der Waals surface area contributed by atoms with Crippen LogP contribution in [-0.2, 0) is 0 Å². The summed E-state index contributed by atoms with van der Waals surface area (Å²) in [6, 6.07) is 6.45. The molecule has 1 fully saturated rings. The van der Waals surface area contributed by atoms with E-state index in [9.17, 15) is 9.18 Å². The maximum absolute atomic E-state index is 12.8. The topological polar surface area (TPSA) is 20.3 Å². The Labute approximate surface area is 114 Å². The summed E-state index contributed by atoms with van der Waals surface area (Å²) < 4.78 is 12.8. The lowest BCUT2D eigenvalue weighted by molar-refractivity contribution is 0.0954. The molecule has 1 unspecified atom stereocenters. The van der Waals surface area contributed by atoms with E-state index in [1.807, 2.05) is 0 Å². The van der Waals surface area contributed by atoms with Crippen molar-refractivity contribution in [3.63, 3.8) is 0 Å². The van der Waals surface area contributed by atoms with Crippen LogP contribution in [0, 0.1) is 11.7 Å². The molecule has 19 heavy (non-hydrogen) atoms. The molecule has 2 rings (SSSR count). The largest absolute Gasteiger partial charge is 0.300 e. The van der Waals surface area contributed by atoms with Crippen molar-refractivity contribution in [3.8, 4) is 0 Å². The predicted molar refractivity (Wildman–Crippen MR) is 74.8 cm³/mol. The van der Waals surface area contributed by atoms with E-state index in [0.29, 0.717) is 23.9 Å². The molecule has 1 aliphatic rings. The molecule has 2 nitrogen and oxygen atoms in total. The molecule has 0 radical (unpaired) electrons. The third kappa shape index (κ3) is 3.63. The summed E-state index contributed by atoms with van der Waals surface area (Å²) in [6.45, 7) is 6.40. The van der Waals surface area contributed by atoms with Crippen LogP contribution < -0.4 is 0 Å². The van der Waals surface area contributed by atoms with Crippen LogP contribution in [0.1, 0.15) is 43.5 Å². The van der Waals surface area contributed by atoms with Gasteiger partial charge >= 0.3 is 0 Å². The summed E-state index contributed by atoms with van der Waals surface area (Å²) in [5.41, 5.74) is 0.613. The van der Waals surface area contributed by atoms with E-state index in [2.05, 4.69) is 18.7 Å². The van der Waals surface area contributed by atoms with Crippen LogP contribution in [0.5, 0.6) is 0 Å². The minimum absolute atomic E-state index is 0.106. The number of Topliss-reactive ketones (excluding diaryl/α,β-unsaturated/α-hetero) is 1. The number of ketones is 1. The van der Waals surface area contributed by atoms with Gasteiger partial charge in [-0.3, -0.25) is 9.69 Å². The Morgan fingerprint density at radius 1 is 1.37 bits per heavy atom. The number of rotatable bonds is 5. The highest BCUT2D eigenvalue weighted by atomic mass is 19.1. The van der Waals surface area contributed by atoms with Crippen molar-refractivity contribution in [2.24, 2.45) is 5.92 Å². The molecule has 1 aromatic carbocycles. The quantitative estimate of drug-likeness (QED) is 0.758. The van der Waals surface area contributed by atoms with Gasteiger partial charge in [-0.25, -0.2) is 4.39 Å². The average Bonchev–Trinajstić information content (AvgIpc) is 2.85. The molecule has 0 spiro atoms. The van der Waals surface area contributed by atoms with Gasteiger partial charge in [0.05, 0.1) is 0 Å². The van der Waals surface area contributed by atoms with Crippen molar-refractivity contribution in [2.75, 3.05) is 13.1 Å². The van der Waals surface area contributed by atoms with Crippen molar-refractivity contribution < 1.29 is 9.18 Å². The number of carbonyl (C=O) groups is 1. The number of carbonyl (C=O) groups excluding carboxylic acids is 1. The molecule has 1 saturated heterocycles. The average molecular weight is 263 g/mol. The van der Waals surface area contributed by atoms with Crippen LogP contribution >= 0.6 is 0 Å². The fraction of sp³-hybridized carbons (Fsp3) is 0.562. The molecule has 0 aliphatic carbocycles. The Balaban J connectivity index is 1.88. The number of hydrogen-bond donors (Lipinski definition) is 0. The lowest BCUT2D eigenvalue weighted by Gasteiger charge is -2.27. The highest BCUT2D eigenvalue weighted by molar-refractivity contribution is 5.96. The van der Waals surface area contributed by atoms with E-state index in [1.165, 1.54) is 25.0 Å². The van der Waals surface area contributed by atoms with Crippen molar-refractivity contribution in [1.82, 2.24) is 4.90 Å². The molecular formula is C16H22FNO. The van der Waals surface area contributed by atoms with Crippen LogP contribution in [0.25, 0.3) is 0 Å². The SMILES string of the molecule is CC(C)C1CCCN1CCC(=O)c1ccc(F)cc1. The molecule has 1 atom stereocenters. The Morgan fingerprint density at radius 2 is 2.05 bits per heavy atom. The summed E-state index contributed by atoms with van der Waals surface area (Å²) in [5, 5.41) is 0. The molecule has 104 valence electrons. The second-order valence-corrected chi connectivity index (χ2v) is 5.67. The summed E-state index contributed by atoms with van der Waals surface area (Å²) in [6.07, 6.45) is 2.99. The Hall–Kier alpha value is -1.22. The Kier molecular flexibility index (Phi) is 4.70. The third-order valence-corrected chi connectivity index (χ3v) is 3.98. The highest BCUT2D eigenvalue weighted by Gasteiger charge is 2.26. The van der Waals surface area contributed by atoms with Gasteiger partial charge in [-0.15, -0.1) is 0 Å². The minimum atomic E-state index is -0.295. The van der Waals surface area contributed by atoms with E-state index in [-0.39, 0.29) is 11.6 Å². The van der Waals surface area contributed by atoms with E-state index < -0.39 is 0 Å². The van der Waals surface area contributed by atoms with Gasteiger partial charge in [0, 0.05) is 24.6 Å². The molecule has 0 saturated carbocycles. The zero-order chi connectivity index (χ0) is 13.8. The van der Waals surface area contributed by atoms with Crippen LogP contribution in [0.2, 0.25) is 0 Å². The molecule has 3 heteroatoms. The monoisotopic (exact) mass is 263 g/mol. The number of halogens is 1. The smallest absolute Gasteiger partial charge is 0.164 e. The molecule has 0 bridgehead atoms. The maximum Gasteiger partial charge on any atom is 0.164 e. The summed E-state index contributed by atoms with van der Waals surface area (Å²) in [5.74, 6) is 0.453. The van der Waals surface area contributed by atoms with Crippen LogP contribution in [-0.4, -0.2) is 29.8 Å². The van der Waals surface area contributed by atoms with E-state index in [4.69, 9.17) is 0 Å². The number of likely N-dealkylation sites (tertiary alicyclic amines) is 1. The fourth-order valence-electron chi connectivity index (χ4n) is 2.91. The van der Waals surface area contributed by atoms with Gasteiger partial charge in [0.25, 0.3) is 0 Å². The molecule has 1 aliphatic heterocycles. The first-order valence-electron chi connectivity index (χ1n) is 7.10. The summed E-state index contributed by atoms with van der Waals surface area (Å²) in [4.78, 5) is 14.5. The first-order valence-corrected chi connectivity index (χ1v) is 7.10. The van der Waals surface area contributed by atoms with Gasteiger partial charge in [0.15, 0.2) is 5.78 Å². The first-order chi connectivity index (χ1) is 9.08. The number of nitrogens with zero attached hydrogens (tertiary/aromatic N) is 1. The fourth-order valence-corrected chi connectivity index (χ4v) is 2.91. The third-order valence-electron chi connectivity index (χ3n) is 3.98. The molecule has 1 aromatic rings. The minimum Gasteiger partial charge on any atom is -0.300 e. The summed E-state index contributed by atoms with van der Waals surface area (Å²) in [7, 11) is 0. The maximum atomic E-state index is 12.8. The van der Waals surface area contributed by atoms with Crippen molar-refractivity contribution in [1.29, 1.82) is 0 Å². The van der Waals surface area contributed by atoms with Crippen LogP contribution in [0.15, 0.2) is 24.3 Å². The van der Waals surface area contributed by atoms with Crippen molar-refractivity contribution in [2.45, 2.75) is 39.2 Å². The molecule has 0 N–H and O–H groups in total. The standard InChI is InChI=1S/C16H22FNO/c1-12(2)15-4-3-10-18(15)11-9-16(19)13-5-7-14(17)8-6-13/h5-8,12,15H,3-4,9-11H2,1-2H3. The van der Waals surface area contributed by atoms with E-state index in [0.717, 1.165) is 13.1 Å². The highest BCUT2D eigenvalue weighted by Crippen LogP contribution is 2.23. The summed E-state index contributed by atoms with van der Waals surface area (Å²) >= 11 is 0. The predicted octanol–water partition coefficient (Wildman–Crippen LogP) is 3.52. The molecule has 0 amide bonds. The number of benzene rings is 1. The van der Waals surface area contributed by atoms with Crippen LogP contribution in [0.3, 0.4) is 0 Å².